The molecule has 1 aliphatic rings. The van der Waals surface area contributed by atoms with Gasteiger partial charge in [0.2, 0.25) is 0 Å². The van der Waals surface area contributed by atoms with Crippen LogP contribution in [0, 0.1) is 5.92 Å². The fourth-order valence-electron chi connectivity index (χ4n) is 3.03. The van der Waals surface area contributed by atoms with Crippen molar-refractivity contribution >= 4 is 5.69 Å². The summed E-state index contributed by atoms with van der Waals surface area (Å²) in [6, 6.07) is 7.65. The van der Waals surface area contributed by atoms with Gasteiger partial charge in [0.1, 0.15) is 5.75 Å². The predicted octanol–water partition coefficient (Wildman–Crippen LogP) is 3.55. The van der Waals surface area contributed by atoms with Crippen LogP contribution in [0.4, 0.5) is 5.69 Å². The summed E-state index contributed by atoms with van der Waals surface area (Å²) in [6.45, 7) is 3.12. The summed E-state index contributed by atoms with van der Waals surface area (Å²) in [6.07, 6.45) is 8.20. The predicted molar refractivity (Wildman–Crippen MR) is 85.0 cm³/mol. The summed E-state index contributed by atoms with van der Waals surface area (Å²) in [4.78, 5) is 2.46. The van der Waals surface area contributed by atoms with Crippen LogP contribution in [-0.4, -0.2) is 31.6 Å². The van der Waals surface area contributed by atoms with Gasteiger partial charge in [0.25, 0.3) is 0 Å². The molecule has 20 heavy (non-hydrogen) atoms. The minimum Gasteiger partial charge on any atom is -0.493 e. The van der Waals surface area contributed by atoms with E-state index in [0.717, 1.165) is 36.9 Å². The van der Waals surface area contributed by atoms with Crippen LogP contribution in [0.5, 0.6) is 5.75 Å². The molecule has 1 aromatic rings. The zero-order valence-corrected chi connectivity index (χ0v) is 12.7. The number of hydrogen-bond donors (Lipinski definition) is 1. The Hall–Kier alpha value is -1.22. The van der Waals surface area contributed by atoms with Crippen LogP contribution < -0.4 is 10.5 Å². The van der Waals surface area contributed by atoms with Gasteiger partial charge in [0.15, 0.2) is 0 Å². The van der Waals surface area contributed by atoms with E-state index in [1.54, 1.807) is 0 Å². The molecule has 0 amide bonds. The molecular weight excluding hydrogens is 248 g/mol. The van der Waals surface area contributed by atoms with Crippen LogP contribution in [0.25, 0.3) is 0 Å². The SMILES string of the molecule is CN(CCCOc1cccc(N)c1)CC1CCCCC1. The third-order valence-electron chi connectivity index (χ3n) is 4.11. The minimum atomic E-state index is 0.761. The van der Waals surface area contributed by atoms with Crippen molar-refractivity contribution in [2.75, 3.05) is 32.5 Å². The van der Waals surface area contributed by atoms with Crippen LogP contribution in [0.2, 0.25) is 0 Å². The van der Waals surface area contributed by atoms with Crippen molar-refractivity contribution in [1.29, 1.82) is 0 Å². The van der Waals surface area contributed by atoms with Gasteiger partial charge >= 0.3 is 0 Å². The number of nitrogens with two attached hydrogens (primary N) is 1. The Morgan fingerprint density at radius 3 is 2.80 bits per heavy atom. The molecule has 2 rings (SSSR count). The highest BCUT2D eigenvalue weighted by Crippen LogP contribution is 2.24. The van der Waals surface area contributed by atoms with Gasteiger partial charge in [-0.05, 0) is 44.4 Å². The van der Waals surface area contributed by atoms with Gasteiger partial charge in [0.05, 0.1) is 6.61 Å². The van der Waals surface area contributed by atoms with Crippen molar-refractivity contribution < 1.29 is 4.74 Å². The van der Waals surface area contributed by atoms with Crippen LogP contribution in [0.1, 0.15) is 38.5 Å². The molecule has 2 N–H and O–H groups in total. The molecule has 0 radical (unpaired) electrons. The van der Waals surface area contributed by atoms with Crippen molar-refractivity contribution in [1.82, 2.24) is 4.90 Å². The number of anilines is 1. The second kappa shape index (κ2) is 8.15. The Morgan fingerprint density at radius 1 is 1.25 bits per heavy atom. The summed E-state index contributed by atoms with van der Waals surface area (Å²) in [5.41, 5.74) is 6.49. The summed E-state index contributed by atoms with van der Waals surface area (Å²) >= 11 is 0. The molecule has 0 atom stereocenters. The van der Waals surface area contributed by atoms with E-state index >= 15 is 0 Å². The molecule has 1 saturated carbocycles. The first-order valence-corrected chi connectivity index (χ1v) is 7.91. The fraction of sp³-hybridized carbons (Fsp3) is 0.647. The number of benzene rings is 1. The summed E-state index contributed by atoms with van der Waals surface area (Å²) < 4.78 is 5.72. The van der Waals surface area contributed by atoms with Crippen molar-refractivity contribution in [3.63, 3.8) is 0 Å². The highest BCUT2D eigenvalue weighted by molar-refractivity contribution is 5.43. The number of hydrogen-bond acceptors (Lipinski definition) is 3. The molecule has 0 bridgehead atoms. The highest BCUT2D eigenvalue weighted by Gasteiger charge is 2.14. The molecule has 3 nitrogen and oxygen atoms in total. The number of rotatable bonds is 7. The molecule has 0 spiro atoms. The zero-order chi connectivity index (χ0) is 14.2. The Morgan fingerprint density at radius 2 is 2.05 bits per heavy atom. The van der Waals surface area contributed by atoms with E-state index in [-0.39, 0.29) is 0 Å². The van der Waals surface area contributed by atoms with Gasteiger partial charge in [-0.25, -0.2) is 0 Å². The first-order chi connectivity index (χ1) is 9.74. The normalized spacial score (nSPS) is 16.5. The average Bonchev–Trinajstić information content (AvgIpc) is 2.45. The standard InChI is InChI=1S/C17H28N2O/c1-19(14-15-7-3-2-4-8-15)11-6-12-20-17-10-5-9-16(18)13-17/h5,9-10,13,15H,2-4,6-8,11-12,14,18H2,1H3. The Bertz CT molecular complexity index is 388. The summed E-state index contributed by atoms with van der Waals surface area (Å²) in [5, 5.41) is 0. The molecule has 3 heteroatoms. The van der Waals surface area contributed by atoms with Gasteiger partial charge in [-0.3, -0.25) is 0 Å². The highest BCUT2D eigenvalue weighted by atomic mass is 16.5. The molecule has 0 aliphatic heterocycles. The molecule has 0 heterocycles. The average molecular weight is 276 g/mol. The number of nitrogen functional groups attached to an aromatic ring is 1. The lowest BCUT2D eigenvalue weighted by atomic mass is 9.89. The quantitative estimate of drug-likeness (QED) is 0.611. The van der Waals surface area contributed by atoms with Gasteiger partial charge in [-0.1, -0.05) is 25.3 Å². The first kappa shape index (κ1) is 15.2. The molecule has 0 unspecified atom stereocenters. The third kappa shape index (κ3) is 5.41. The second-order valence-corrected chi connectivity index (χ2v) is 6.04. The molecule has 1 fully saturated rings. The Balaban J connectivity index is 1.58. The molecule has 1 aromatic carbocycles. The van der Waals surface area contributed by atoms with E-state index in [1.807, 2.05) is 24.3 Å². The molecule has 0 saturated heterocycles. The second-order valence-electron chi connectivity index (χ2n) is 6.04. The molecule has 112 valence electrons. The fourth-order valence-corrected chi connectivity index (χ4v) is 3.03. The largest absolute Gasteiger partial charge is 0.493 e. The van der Waals surface area contributed by atoms with Gasteiger partial charge in [0, 0.05) is 24.8 Å². The summed E-state index contributed by atoms with van der Waals surface area (Å²) in [5.74, 6) is 1.79. The van der Waals surface area contributed by atoms with Crippen molar-refractivity contribution in [3.05, 3.63) is 24.3 Å². The zero-order valence-electron chi connectivity index (χ0n) is 12.7. The molecule has 0 aromatic heterocycles. The molecule has 1 aliphatic carbocycles. The van der Waals surface area contributed by atoms with Crippen LogP contribution in [0.15, 0.2) is 24.3 Å². The van der Waals surface area contributed by atoms with E-state index in [0.29, 0.717) is 0 Å². The first-order valence-electron chi connectivity index (χ1n) is 7.91. The van der Waals surface area contributed by atoms with E-state index in [1.165, 1.54) is 38.6 Å². The third-order valence-corrected chi connectivity index (χ3v) is 4.11. The van der Waals surface area contributed by atoms with E-state index in [9.17, 15) is 0 Å². The Kier molecular flexibility index (Phi) is 6.19. The van der Waals surface area contributed by atoms with Gasteiger partial charge in [-0.2, -0.15) is 0 Å². The number of ether oxygens (including phenoxy) is 1. The minimum absolute atomic E-state index is 0.761. The van der Waals surface area contributed by atoms with Crippen LogP contribution in [0.3, 0.4) is 0 Å². The smallest absolute Gasteiger partial charge is 0.121 e. The maximum Gasteiger partial charge on any atom is 0.121 e. The van der Waals surface area contributed by atoms with Gasteiger partial charge in [-0.15, -0.1) is 0 Å². The maximum atomic E-state index is 5.73. The van der Waals surface area contributed by atoms with Crippen molar-refractivity contribution in [2.45, 2.75) is 38.5 Å². The van der Waals surface area contributed by atoms with Crippen molar-refractivity contribution in [3.8, 4) is 5.75 Å². The molecular formula is C17H28N2O. The van der Waals surface area contributed by atoms with E-state index in [4.69, 9.17) is 10.5 Å². The van der Waals surface area contributed by atoms with Crippen LogP contribution >= 0.6 is 0 Å². The lowest BCUT2D eigenvalue weighted by molar-refractivity contribution is 0.214. The van der Waals surface area contributed by atoms with Crippen molar-refractivity contribution in [2.24, 2.45) is 5.92 Å². The summed E-state index contributed by atoms with van der Waals surface area (Å²) in [7, 11) is 2.23. The van der Waals surface area contributed by atoms with E-state index in [2.05, 4.69) is 11.9 Å². The van der Waals surface area contributed by atoms with E-state index < -0.39 is 0 Å². The maximum absolute atomic E-state index is 5.73. The van der Waals surface area contributed by atoms with Crippen LogP contribution in [-0.2, 0) is 0 Å². The topological polar surface area (TPSA) is 38.5 Å². The van der Waals surface area contributed by atoms with Gasteiger partial charge < -0.3 is 15.4 Å². The monoisotopic (exact) mass is 276 g/mol. The number of nitrogens with zero attached hydrogens (tertiary/aromatic N) is 1. The lowest BCUT2D eigenvalue weighted by Gasteiger charge is -2.26. The lowest BCUT2D eigenvalue weighted by Crippen LogP contribution is -2.28. The Labute approximate surface area is 123 Å².